The van der Waals surface area contributed by atoms with Gasteiger partial charge in [-0.05, 0) is 36.4 Å². The highest BCUT2D eigenvalue weighted by atomic mass is 35.5. The minimum absolute atomic E-state index is 0. The van der Waals surface area contributed by atoms with E-state index in [4.69, 9.17) is 5.73 Å². The lowest BCUT2D eigenvalue weighted by Gasteiger charge is -2.05. The number of aromatic amines is 2. The zero-order valence-electron chi connectivity index (χ0n) is 13.5. The van der Waals surface area contributed by atoms with Crippen molar-refractivity contribution in [2.45, 2.75) is 0 Å². The van der Waals surface area contributed by atoms with Gasteiger partial charge in [-0.3, -0.25) is 4.79 Å². The van der Waals surface area contributed by atoms with E-state index in [1.54, 1.807) is 36.5 Å². The van der Waals surface area contributed by atoms with Crippen LogP contribution in [0, 0.1) is 0 Å². The molecule has 2 heterocycles. The van der Waals surface area contributed by atoms with Crippen LogP contribution in [0.4, 0.5) is 11.6 Å². The van der Waals surface area contributed by atoms with Crippen molar-refractivity contribution in [3.63, 3.8) is 0 Å². The molecule has 0 aliphatic carbocycles. The molecule has 0 aliphatic heterocycles. The number of H-pyrrole nitrogens is 2. The number of nitrogens with zero attached hydrogens (tertiary/aromatic N) is 1. The maximum Gasteiger partial charge on any atom is 0.272 e. The zero-order valence-corrected chi connectivity index (χ0v) is 14.3. The molecule has 4 rings (SSSR count). The standard InChI is InChI=1S/C18H15N5O2.ClH/c19-18-20-9-16(23-18)10-2-1-3-12(6-10)21-17(25)15-8-11-7-13(24)4-5-14(11)22-15;/h1-9,22,24H,(H,21,25)(H3,19,20,23);1H. The number of amides is 1. The lowest BCUT2D eigenvalue weighted by molar-refractivity contribution is 0.102. The number of carbonyl (C=O) groups excluding carboxylic acids is 1. The first-order valence-corrected chi connectivity index (χ1v) is 7.62. The van der Waals surface area contributed by atoms with Crippen LogP contribution in [0.3, 0.4) is 0 Å². The number of halogens is 1. The molecule has 1 amide bonds. The van der Waals surface area contributed by atoms with Crippen LogP contribution in [0.15, 0.2) is 54.7 Å². The molecule has 132 valence electrons. The van der Waals surface area contributed by atoms with Crippen molar-refractivity contribution in [3.8, 4) is 17.0 Å². The van der Waals surface area contributed by atoms with Gasteiger partial charge in [0, 0.05) is 22.2 Å². The monoisotopic (exact) mass is 369 g/mol. The molecule has 0 radical (unpaired) electrons. The Balaban J connectivity index is 0.00000196. The number of phenolic OH excluding ortho intramolecular Hbond substituents is 1. The number of hydrogen-bond donors (Lipinski definition) is 5. The Bertz CT molecular complexity index is 1090. The summed E-state index contributed by atoms with van der Waals surface area (Å²) < 4.78 is 0. The summed E-state index contributed by atoms with van der Waals surface area (Å²) in [5.74, 6) is 0.229. The SMILES string of the molecule is Cl.Nc1ncc(-c2cccc(NC(=O)c3cc4cc(O)ccc4[nH]3)c2)[nH]1. The van der Waals surface area contributed by atoms with Crippen LogP contribution in [-0.4, -0.2) is 26.0 Å². The number of carbonyl (C=O) groups is 1. The number of phenols is 1. The van der Waals surface area contributed by atoms with Crippen molar-refractivity contribution in [3.05, 3.63) is 60.4 Å². The van der Waals surface area contributed by atoms with Crippen molar-refractivity contribution >= 4 is 40.9 Å². The molecule has 7 nitrogen and oxygen atoms in total. The minimum atomic E-state index is -0.267. The number of benzene rings is 2. The number of rotatable bonds is 3. The topological polar surface area (TPSA) is 120 Å². The molecule has 6 N–H and O–H groups in total. The predicted octanol–water partition coefficient (Wildman–Crippen LogP) is 3.52. The second-order valence-electron chi connectivity index (χ2n) is 5.67. The van der Waals surface area contributed by atoms with Crippen molar-refractivity contribution in [2.75, 3.05) is 11.1 Å². The molecular weight excluding hydrogens is 354 g/mol. The lowest BCUT2D eigenvalue weighted by Crippen LogP contribution is -2.12. The van der Waals surface area contributed by atoms with E-state index >= 15 is 0 Å². The van der Waals surface area contributed by atoms with E-state index in [0.29, 0.717) is 17.3 Å². The molecular formula is C18H16ClN5O2. The van der Waals surface area contributed by atoms with Crippen LogP contribution in [0.1, 0.15) is 10.5 Å². The summed E-state index contributed by atoms with van der Waals surface area (Å²) in [6.07, 6.45) is 1.64. The van der Waals surface area contributed by atoms with Crippen molar-refractivity contribution < 1.29 is 9.90 Å². The molecule has 0 spiro atoms. The van der Waals surface area contributed by atoms with Gasteiger partial charge >= 0.3 is 0 Å². The Labute approximate surface area is 154 Å². The van der Waals surface area contributed by atoms with E-state index in [-0.39, 0.29) is 24.1 Å². The first kappa shape index (κ1) is 17.4. The van der Waals surface area contributed by atoms with Crippen LogP contribution >= 0.6 is 12.4 Å². The highest BCUT2D eigenvalue weighted by Gasteiger charge is 2.11. The van der Waals surface area contributed by atoms with Crippen molar-refractivity contribution in [1.29, 1.82) is 0 Å². The third-order valence-electron chi connectivity index (χ3n) is 3.88. The molecule has 0 bridgehead atoms. The zero-order chi connectivity index (χ0) is 17.4. The summed E-state index contributed by atoms with van der Waals surface area (Å²) in [4.78, 5) is 22.4. The Morgan fingerprint density at radius 3 is 2.73 bits per heavy atom. The van der Waals surface area contributed by atoms with Crippen LogP contribution in [0.25, 0.3) is 22.2 Å². The van der Waals surface area contributed by atoms with Gasteiger partial charge in [-0.1, -0.05) is 12.1 Å². The number of nitrogens with one attached hydrogen (secondary N) is 3. The highest BCUT2D eigenvalue weighted by molar-refractivity contribution is 6.06. The van der Waals surface area contributed by atoms with E-state index in [0.717, 1.165) is 22.2 Å². The maximum atomic E-state index is 12.5. The summed E-state index contributed by atoms with van der Waals surface area (Å²) in [5.41, 5.74) is 9.08. The van der Waals surface area contributed by atoms with E-state index < -0.39 is 0 Å². The molecule has 2 aromatic carbocycles. The number of nitrogen functional groups attached to an aromatic ring is 1. The van der Waals surface area contributed by atoms with Crippen LogP contribution in [0.5, 0.6) is 5.75 Å². The molecule has 0 fully saturated rings. The van der Waals surface area contributed by atoms with Gasteiger partial charge in [0.15, 0.2) is 5.95 Å². The molecule has 0 aliphatic rings. The summed E-state index contributed by atoms with van der Waals surface area (Å²) in [6.45, 7) is 0. The summed E-state index contributed by atoms with van der Waals surface area (Å²) >= 11 is 0. The smallest absolute Gasteiger partial charge is 0.272 e. The maximum absolute atomic E-state index is 12.5. The van der Waals surface area contributed by atoms with Gasteiger partial charge in [0.1, 0.15) is 11.4 Å². The number of imidazole rings is 1. The number of nitrogens with two attached hydrogens (primary N) is 1. The number of aromatic nitrogens is 3. The molecule has 0 saturated carbocycles. The third kappa shape index (κ3) is 3.33. The second-order valence-corrected chi connectivity index (χ2v) is 5.67. The van der Waals surface area contributed by atoms with Gasteiger partial charge in [-0.15, -0.1) is 12.4 Å². The highest BCUT2D eigenvalue weighted by Crippen LogP contribution is 2.23. The fraction of sp³-hybridized carbons (Fsp3) is 0. The second kappa shape index (κ2) is 6.81. The molecule has 8 heteroatoms. The molecule has 2 aromatic heterocycles. The van der Waals surface area contributed by atoms with Gasteiger partial charge in [0.25, 0.3) is 5.91 Å². The van der Waals surface area contributed by atoms with Crippen LogP contribution in [-0.2, 0) is 0 Å². The van der Waals surface area contributed by atoms with Crippen LogP contribution in [0.2, 0.25) is 0 Å². The average molecular weight is 370 g/mol. The predicted molar refractivity (Wildman–Crippen MR) is 104 cm³/mol. The summed E-state index contributed by atoms with van der Waals surface area (Å²) in [7, 11) is 0. The Morgan fingerprint density at radius 2 is 1.96 bits per heavy atom. The number of anilines is 2. The normalized spacial score (nSPS) is 10.5. The summed E-state index contributed by atoms with van der Waals surface area (Å²) in [6, 6.07) is 14.0. The fourth-order valence-electron chi connectivity index (χ4n) is 2.69. The van der Waals surface area contributed by atoms with E-state index in [2.05, 4.69) is 20.3 Å². The largest absolute Gasteiger partial charge is 0.508 e. The van der Waals surface area contributed by atoms with Gasteiger partial charge in [-0.2, -0.15) is 0 Å². The first-order valence-electron chi connectivity index (χ1n) is 7.62. The lowest BCUT2D eigenvalue weighted by atomic mass is 10.1. The van der Waals surface area contributed by atoms with Gasteiger partial charge in [-0.25, -0.2) is 4.98 Å². The quantitative estimate of drug-likeness (QED) is 0.379. The average Bonchev–Trinajstić information content (AvgIpc) is 3.21. The number of hydrogen-bond acceptors (Lipinski definition) is 4. The van der Waals surface area contributed by atoms with Gasteiger partial charge in [0.2, 0.25) is 0 Å². The number of fused-ring (bicyclic) bond motifs is 1. The number of aromatic hydroxyl groups is 1. The van der Waals surface area contributed by atoms with E-state index in [1.165, 1.54) is 0 Å². The molecule has 0 unspecified atom stereocenters. The molecule has 0 atom stereocenters. The van der Waals surface area contributed by atoms with Gasteiger partial charge in [0.05, 0.1) is 11.9 Å². The molecule has 26 heavy (non-hydrogen) atoms. The third-order valence-corrected chi connectivity index (χ3v) is 3.88. The molecule has 0 saturated heterocycles. The van der Waals surface area contributed by atoms with E-state index in [9.17, 15) is 9.90 Å². The molecule has 4 aromatic rings. The van der Waals surface area contributed by atoms with Gasteiger partial charge < -0.3 is 26.1 Å². The van der Waals surface area contributed by atoms with E-state index in [1.807, 2.05) is 18.2 Å². The van der Waals surface area contributed by atoms with Crippen molar-refractivity contribution in [2.24, 2.45) is 0 Å². The summed E-state index contributed by atoms with van der Waals surface area (Å²) in [5, 5.41) is 13.1. The van der Waals surface area contributed by atoms with Crippen LogP contribution < -0.4 is 11.1 Å². The fourth-order valence-corrected chi connectivity index (χ4v) is 2.69. The Morgan fingerprint density at radius 1 is 1.12 bits per heavy atom. The first-order chi connectivity index (χ1) is 12.1. The minimum Gasteiger partial charge on any atom is -0.508 e. The Hall–Kier alpha value is -3.45. The van der Waals surface area contributed by atoms with Crippen molar-refractivity contribution in [1.82, 2.24) is 15.0 Å². The Kier molecular flexibility index (Phi) is 4.55.